The normalized spacial score (nSPS) is 11.6. The van der Waals surface area contributed by atoms with Crippen LogP contribution in [0.2, 0.25) is 0 Å². The van der Waals surface area contributed by atoms with E-state index in [1.165, 1.54) is 0 Å². The van der Waals surface area contributed by atoms with Gasteiger partial charge in [-0.3, -0.25) is 0 Å². The Bertz CT molecular complexity index is 666. The van der Waals surface area contributed by atoms with E-state index >= 15 is 0 Å². The Morgan fingerprint density at radius 1 is 1.10 bits per heavy atom. The molecule has 0 spiro atoms. The van der Waals surface area contributed by atoms with Crippen LogP contribution in [0.5, 0.6) is 5.75 Å². The number of anilines is 1. The number of para-hydroxylation sites is 1. The summed E-state index contributed by atoms with van der Waals surface area (Å²) in [6, 6.07) is 15.2. The number of phenolic OH excluding ortho intramolecular Hbond substituents is 1. The Balaban J connectivity index is 2.34. The molecule has 0 atom stereocenters. The zero-order valence-corrected chi connectivity index (χ0v) is 12.1. The van der Waals surface area contributed by atoms with Crippen molar-refractivity contribution in [3.63, 3.8) is 0 Å². The van der Waals surface area contributed by atoms with Crippen molar-refractivity contribution in [1.29, 1.82) is 0 Å². The zero-order chi connectivity index (χ0) is 15.1. The quantitative estimate of drug-likeness (QED) is 0.775. The number of rotatable bonds is 5. The molecule has 0 saturated heterocycles. The fourth-order valence-electron chi connectivity index (χ4n) is 2.09. The predicted octanol–water partition coefficient (Wildman–Crippen LogP) is 4.72. The van der Waals surface area contributed by atoms with E-state index in [0.717, 1.165) is 22.4 Å². The molecule has 0 aliphatic carbocycles. The number of aromatic hydroxyl groups is 1. The fraction of sp³-hybridized carbons (Fsp3) is 0.0526. The summed E-state index contributed by atoms with van der Waals surface area (Å²) in [5.41, 5.74) is 4.30. The van der Waals surface area contributed by atoms with Crippen LogP contribution in [-0.4, -0.2) is 12.2 Å². The van der Waals surface area contributed by atoms with Gasteiger partial charge in [-0.05, 0) is 29.3 Å². The van der Waals surface area contributed by atoms with E-state index in [1.54, 1.807) is 18.2 Å². The molecule has 0 heterocycles. The van der Waals surface area contributed by atoms with Crippen molar-refractivity contribution in [2.75, 3.05) is 12.4 Å². The first-order valence-corrected chi connectivity index (χ1v) is 6.81. The monoisotopic (exact) mass is 277 g/mol. The summed E-state index contributed by atoms with van der Waals surface area (Å²) < 4.78 is 0. The molecule has 0 fully saturated rings. The standard InChI is InChI=1S/C19H19NO/c1-3-6-16(18-7-4-5-8-19(18)20-2)12-9-15-10-13-17(21)14-11-15/h3-14,20-21H,1H2,2H3/b12-9+,16-6-. The minimum absolute atomic E-state index is 0.273. The number of hydrogen-bond acceptors (Lipinski definition) is 2. The van der Waals surface area contributed by atoms with Crippen molar-refractivity contribution in [2.24, 2.45) is 0 Å². The van der Waals surface area contributed by atoms with Gasteiger partial charge in [0, 0.05) is 18.3 Å². The smallest absolute Gasteiger partial charge is 0.115 e. The van der Waals surface area contributed by atoms with Gasteiger partial charge in [-0.15, -0.1) is 0 Å². The van der Waals surface area contributed by atoms with Crippen LogP contribution in [0.4, 0.5) is 5.69 Å². The van der Waals surface area contributed by atoms with Crippen molar-refractivity contribution >= 4 is 17.3 Å². The van der Waals surface area contributed by atoms with Gasteiger partial charge in [-0.1, -0.05) is 61.2 Å². The van der Waals surface area contributed by atoms with Crippen molar-refractivity contribution in [3.05, 3.63) is 84.5 Å². The molecular formula is C19H19NO. The van der Waals surface area contributed by atoms with E-state index in [-0.39, 0.29) is 5.75 Å². The highest BCUT2D eigenvalue weighted by molar-refractivity contribution is 5.85. The molecular weight excluding hydrogens is 258 g/mol. The molecule has 0 aliphatic heterocycles. The second-order valence-corrected chi connectivity index (χ2v) is 4.58. The zero-order valence-electron chi connectivity index (χ0n) is 12.1. The highest BCUT2D eigenvalue weighted by atomic mass is 16.3. The van der Waals surface area contributed by atoms with Crippen LogP contribution in [0.1, 0.15) is 11.1 Å². The van der Waals surface area contributed by atoms with Crippen LogP contribution in [0.3, 0.4) is 0 Å². The average Bonchev–Trinajstić information content (AvgIpc) is 2.53. The van der Waals surface area contributed by atoms with Gasteiger partial charge in [0.15, 0.2) is 0 Å². The van der Waals surface area contributed by atoms with E-state index in [0.29, 0.717) is 0 Å². The molecule has 0 unspecified atom stereocenters. The van der Waals surface area contributed by atoms with Crippen LogP contribution in [0, 0.1) is 0 Å². The molecule has 2 nitrogen and oxygen atoms in total. The first kappa shape index (κ1) is 14.7. The van der Waals surface area contributed by atoms with Gasteiger partial charge in [0.25, 0.3) is 0 Å². The van der Waals surface area contributed by atoms with E-state index in [2.05, 4.69) is 18.0 Å². The van der Waals surface area contributed by atoms with E-state index in [4.69, 9.17) is 0 Å². The summed E-state index contributed by atoms with van der Waals surface area (Å²) in [7, 11) is 1.91. The van der Waals surface area contributed by atoms with Crippen LogP contribution in [0.25, 0.3) is 11.6 Å². The maximum Gasteiger partial charge on any atom is 0.115 e. The van der Waals surface area contributed by atoms with Gasteiger partial charge < -0.3 is 10.4 Å². The fourth-order valence-corrected chi connectivity index (χ4v) is 2.09. The summed E-state index contributed by atoms with van der Waals surface area (Å²) in [6.07, 6.45) is 7.82. The minimum Gasteiger partial charge on any atom is -0.508 e. The molecule has 2 heteroatoms. The topological polar surface area (TPSA) is 32.3 Å². The Morgan fingerprint density at radius 2 is 1.81 bits per heavy atom. The average molecular weight is 277 g/mol. The largest absolute Gasteiger partial charge is 0.508 e. The summed E-state index contributed by atoms with van der Waals surface area (Å²) in [4.78, 5) is 0. The number of nitrogens with one attached hydrogen (secondary N) is 1. The summed E-state index contributed by atoms with van der Waals surface area (Å²) >= 11 is 0. The van der Waals surface area contributed by atoms with Gasteiger partial charge in [0.1, 0.15) is 5.75 Å². The number of hydrogen-bond donors (Lipinski definition) is 2. The molecule has 2 aromatic carbocycles. The molecule has 106 valence electrons. The van der Waals surface area contributed by atoms with Crippen LogP contribution < -0.4 is 5.32 Å². The molecule has 0 radical (unpaired) electrons. The summed E-state index contributed by atoms with van der Waals surface area (Å²) in [5, 5.41) is 12.5. The maximum atomic E-state index is 9.31. The third-order valence-corrected chi connectivity index (χ3v) is 3.15. The predicted molar refractivity (Wildman–Crippen MR) is 91.3 cm³/mol. The minimum atomic E-state index is 0.273. The Hall–Kier alpha value is -2.74. The van der Waals surface area contributed by atoms with Gasteiger partial charge in [0.2, 0.25) is 0 Å². The summed E-state index contributed by atoms with van der Waals surface area (Å²) in [5.74, 6) is 0.273. The van der Waals surface area contributed by atoms with Crippen molar-refractivity contribution in [3.8, 4) is 5.75 Å². The van der Waals surface area contributed by atoms with E-state index in [9.17, 15) is 5.11 Å². The molecule has 2 N–H and O–H groups in total. The van der Waals surface area contributed by atoms with Gasteiger partial charge >= 0.3 is 0 Å². The molecule has 0 bridgehead atoms. The van der Waals surface area contributed by atoms with E-state index < -0.39 is 0 Å². The Morgan fingerprint density at radius 3 is 2.48 bits per heavy atom. The SMILES string of the molecule is C=C/C=C(/C=C/c1ccc(O)cc1)c1ccccc1NC. The lowest BCUT2D eigenvalue weighted by Crippen LogP contribution is -1.93. The molecule has 2 rings (SSSR count). The van der Waals surface area contributed by atoms with Crippen molar-refractivity contribution in [2.45, 2.75) is 0 Å². The Kier molecular flexibility index (Phi) is 4.99. The first-order chi connectivity index (χ1) is 10.2. The second-order valence-electron chi connectivity index (χ2n) is 4.58. The van der Waals surface area contributed by atoms with Gasteiger partial charge in [0.05, 0.1) is 0 Å². The highest BCUT2D eigenvalue weighted by Gasteiger charge is 2.02. The molecule has 0 saturated carbocycles. The number of phenols is 1. The van der Waals surface area contributed by atoms with Crippen LogP contribution in [0.15, 0.2) is 73.3 Å². The molecule has 21 heavy (non-hydrogen) atoms. The molecule has 0 aromatic heterocycles. The molecule has 0 amide bonds. The summed E-state index contributed by atoms with van der Waals surface area (Å²) in [6.45, 7) is 3.78. The molecule has 0 aliphatic rings. The Labute approximate surface area is 125 Å². The van der Waals surface area contributed by atoms with Crippen LogP contribution >= 0.6 is 0 Å². The van der Waals surface area contributed by atoms with Gasteiger partial charge in [-0.2, -0.15) is 0 Å². The number of benzene rings is 2. The third-order valence-electron chi connectivity index (χ3n) is 3.15. The lowest BCUT2D eigenvalue weighted by Gasteiger charge is -2.09. The maximum absolute atomic E-state index is 9.31. The molecule has 2 aromatic rings. The third kappa shape index (κ3) is 3.86. The van der Waals surface area contributed by atoms with Crippen molar-refractivity contribution < 1.29 is 5.11 Å². The van der Waals surface area contributed by atoms with Crippen molar-refractivity contribution in [1.82, 2.24) is 0 Å². The van der Waals surface area contributed by atoms with E-state index in [1.807, 2.05) is 55.6 Å². The lowest BCUT2D eigenvalue weighted by molar-refractivity contribution is 0.475. The van der Waals surface area contributed by atoms with Crippen LogP contribution in [-0.2, 0) is 0 Å². The van der Waals surface area contributed by atoms with Gasteiger partial charge in [-0.25, -0.2) is 0 Å². The number of allylic oxidation sites excluding steroid dienone is 4. The second kappa shape index (κ2) is 7.15. The lowest BCUT2D eigenvalue weighted by atomic mass is 10.0. The first-order valence-electron chi connectivity index (χ1n) is 6.81. The highest BCUT2D eigenvalue weighted by Crippen LogP contribution is 2.25.